The van der Waals surface area contributed by atoms with Gasteiger partial charge < -0.3 is 20.3 Å². The van der Waals surface area contributed by atoms with E-state index in [0.29, 0.717) is 26.2 Å². The van der Waals surface area contributed by atoms with Crippen molar-refractivity contribution in [3.8, 4) is 0 Å². The Kier molecular flexibility index (Phi) is 7.50. The Hall–Kier alpha value is -2.31. The zero-order chi connectivity index (χ0) is 18.1. The van der Waals surface area contributed by atoms with Crippen LogP contribution in [0.4, 0.5) is 9.18 Å². The molecule has 2 rings (SSSR count). The molecule has 0 atom stereocenters. The highest BCUT2D eigenvalue weighted by molar-refractivity contribution is 5.80. The molecule has 0 unspecified atom stereocenters. The lowest BCUT2D eigenvalue weighted by Crippen LogP contribution is -2.50. The Morgan fingerprint density at radius 2 is 2.00 bits per heavy atom. The predicted octanol–water partition coefficient (Wildman–Crippen LogP) is 2.15. The molecule has 1 heterocycles. The molecule has 1 aromatic carbocycles. The lowest BCUT2D eigenvalue weighted by atomic mass is 10.1. The molecular weight excluding hydrogens is 323 g/mol. The number of amides is 1. The van der Waals surface area contributed by atoms with Crippen LogP contribution in [0.5, 0.6) is 0 Å². The van der Waals surface area contributed by atoms with Gasteiger partial charge in [0.05, 0.1) is 6.61 Å². The highest BCUT2D eigenvalue weighted by Crippen LogP contribution is 2.11. The van der Waals surface area contributed by atoms with Crippen molar-refractivity contribution in [1.29, 1.82) is 0 Å². The summed E-state index contributed by atoms with van der Waals surface area (Å²) in [7, 11) is 1.74. The van der Waals surface area contributed by atoms with Crippen LogP contribution in [0.15, 0.2) is 29.3 Å². The van der Waals surface area contributed by atoms with Gasteiger partial charge in [-0.3, -0.25) is 4.99 Å². The van der Waals surface area contributed by atoms with Gasteiger partial charge in [0.25, 0.3) is 0 Å². The molecule has 138 valence electrons. The molecule has 0 spiro atoms. The van der Waals surface area contributed by atoms with Crippen molar-refractivity contribution >= 4 is 12.1 Å². The number of piperidine rings is 1. The van der Waals surface area contributed by atoms with E-state index in [4.69, 9.17) is 4.74 Å². The molecule has 0 bridgehead atoms. The third-order valence-electron chi connectivity index (χ3n) is 4.20. The minimum absolute atomic E-state index is 0.219. The molecule has 1 saturated heterocycles. The molecule has 0 radical (unpaired) electrons. The quantitative estimate of drug-likeness (QED) is 0.631. The summed E-state index contributed by atoms with van der Waals surface area (Å²) in [5, 5.41) is 6.67. The summed E-state index contributed by atoms with van der Waals surface area (Å²) >= 11 is 0. The van der Waals surface area contributed by atoms with Crippen molar-refractivity contribution in [2.24, 2.45) is 4.99 Å². The lowest BCUT2D eigenvalue weighted by Gasteiger charge is -2.32. The number of ether oxygens (including phenoxy) is 1. The standard InChI is InChI=1S/C18H27FN4O2/c1-3-25-18(24)23-12-9-16(10-13-23)22-17(20-2)21-11-8-14-4-6-15(19)7-5-14/h4-7,16H,3,8-13H2,1-2H3,(H2,20,21,22). The number of aliphatic imine (C=N–C) groups is 1. The van der Waals surface area contributed by atoms with Crippen LogP contribution in [0.1, 0.15) is 25.3 Å². The number of benzene rings is 1. The zero-order valence-electron chi connectivity index (χ0n) is 14.9. The van der Waals surface area contributed by atoms with Crippen LogP contribution in [-0.4, -0.2) is 56.3 Å². The predicted molar refractivity (Wildman–Crippen MR) is 96.2 cm³/mol. The topological polar surface area (TPSA) is 66.0 Å². The normalized spacial score (nSPS) is 15.8. The Balaban J connectivity index is 1.70. The maximum Gasteiger partial charge on any atom is 0.409 e. The first-order valence-electron chi connectivity index (χ1n) is 8.75. The summed E-state index contributed by atoms with van der Waals surface area (Å²) in [5.74, 6) is 0.528. The maximum absolute atomic E-state index is 12.9. The van der Waals surface area contributed by atoms with Gasteiger partial charge in [0, 0.05) is 32.7 Å². The van der Waals surface area contributed by atoms with Crippen LogP contribution < -0.4 is 10.6 Å². The van der Waals surface area contributed by atoms with Crippen LogP contribution in [0, 0.1) is 5.82 Å². The van der Waals surface area contributed by atoms with E-state index in [9.17, 15) is 9.18 Å². The lowest BCUT2D eigenvalue weighted by molar-refractivity contribution is 0.0963. The van der Waals surface area contributed by atoms with Gasteiger partial charge in [-0.15, -0.1) is 0 Å². The molecule has 0 saturated carbocycles. The fraction of sp³-hybridized carbons (Fsp3) is 0.556. The summed E-state index contributed by atoms with van der Waals surface area (Å²) in [4.78, 5) is 17.7. The largest absolute Gasteiger partial charge is 0.450 e. The second kappa shape index (κ2) is 9.86. The van der Waals surface area contributed by atoms with E-state index in [2.05, 4.69) is 15.6 Å². The monoisotopic (exact) mass is 350 g/mol. The van der Waals surface area contributed by atoms with Crippen molar-refractivity contribution < 1.29 is 13.9 Å². The van der Waals surface area contributed by atoms with Crippen LogP contribution in [0.2, 0.25) is 0 Å². The fourth-order valence-electron chi connectivity index (χ4n) is 2.79. The number of carbonyl (C=O) groups is 1. The van der Waals surface area contributed by atoms with Gasteiger partial charge in [-0.2, -0.15) is 0 Å². The van der Waals surface area contributed by atoms with Gasteiger partial charge in [0.1, 0.15) is 5.82 Å². The van der Waals surface area contributed by atoms with Crippen molar-refractivity contribution in [2.45, 2.75) is 32.2 Å². The summed E-state index contributed by atoms with van der Waals surface area (Å²) in [6, 6.07) is 6.80. The van der Waals surface area contributed by atoms with E-state index in [1.54, 1.807) is 24.1 Å². The molecule has 7 heteroatoms. The Morgan fingerprint density at radius 1 is 1.32 bits per heavy atom. The summed E-state index contributed by atoms with van der Waals surface area (Å²) in [6.45, 7) is 4.30. The first kappa shape index (κ1) is 19.0. The van der Waals surface area contributed by atoms with E-state index >= 15 is 0 Å². The molecule has 0 aliphatic carbocycles. The fourth-order valence-corrected chi connectivity index (χ4v) is 2.79. The smallest absolute Gasteiger partial charge is 0.409 e. The number of carbonyl (C=O) groups excluding carboxylic acids is 1. The summed E-state index contributed by atoms with van der Waals surface area (Å²) in [6.07, 6.45) is 2.28. The van der Waals surface area contributed by atoms with Crippen molar-refractivity contribution in [3.05, 3.63) is 35.6 Å². The van der Waals surface area contributed by atoms with Gasteiger partial charge in [-0.25, -0.2) is 9.18 Å². The van der Waals surface area contributed by atoms with Gasteiger partial charge >= 0.3 is 6.09 Å². The van der Waals surface area contributed by atoms with Crippen molar-refractivity contribution in [3.63, 3.8) is 0 Å². The second-order valence-electron chi connectivity index (χ2n) is 5.98. The van der Waals surface area contributed by atoms with Gasteiger partial charge in [0.2, 0.25) is 0 Å². The highest BCUT2D eigenvalue weighted by atomic mass is 19.1. The number of rotatable bonds is 5. The highest BCUT2D eigenvalue weighted by Gasteiger charge is 2.23. The van der Waals surface area contributed by atoms with E-state index in [-0.39, 0.29) is 18.0 Å². The Bertz CT molecular complexity index is 569. The second-order valence-corrected chi connectivity index (χ2v) is 5.98. The SMILES string of the molecule is CCOC(=O)N1CCC(NC(=NC)NCCc2ccc(F)cc2)CC1. The Morgan fingerprint density at radius 3 is 2.60 bits per heavy atom. The molecule has 1 amide bonds. The van der Waals surface area contributed by atoms with Crippen LogP contribution in [0.25, 0.3) is 0 Å². The van der Waals surface area contributed by atoms with Crippen LogP contribution in [0.3, 0.4) is 0 Å². The number of likely N-dealkylation sites (tertiary alicyclic amines) is 1. The molecule has 2 N–H and O–H groups in total. The number of guanidine groups is 1. The number of hydrogen-bond donors (Lipinski definition) is 2. The molecule has 0 aromatic heterocycles. The van der Waals surface area contributed by atoms with Crippen LogP contribution >= 0.6 is 0 Å². The van der Waals surface area contributed by atoms with E-state index in [0.717, 1.165) is 30.8 Å². The summed E-state index contributed by atoms with van der Waals surface area (Å²) < 4.78 is 17.9. The molecule has 1 aliphatic rings. The van der Waals surface area contributed by atoms with E-state index < -0.39 is 0 Å². The number of nitrogens with one attached hydrogen (secondary N) is 2. The molecule has 1 fully saturated rings. The van der Waals surface area contributed by atoms with E-state index in [1.165, 1.54) is 12.1 Å². The molecule has 1 aliphatic heterocycles. The molecule has 6 nitrogen and oxygen atoms in total. The van der Waals surface area contributed by atoms with Gasteiger partial charge in [-0.05, 0) is 43.9 Å². The third-order valence-corrected chi connectivity index (χ3v) is 4.20. The minimum Gasteiger partial charge on any atom is -0.450 e. The first-order chi connectivity index (χ1) is 12.1. The molecular formula is C18H27FN4O2. The first-order valence-corrected chi connectivity index (χ1v) is 8.75. The average Bonchev–Trinajstić information content (AvgIpc) is 2.63. The zero-order valence-corrected chi connectivity index (χ0v) is 14.9. The van der Waals surface area contributed by atoms with Crippen LogP contribution in [-0.2, 0) is 11.2 Å². The molecule has 25 heavy (non-hydrogen) atoms. The Labute approximate surface area is 148 Å². The van der Waals surface area contributed by atoms with E-state index in [1.807, 2.05) is 6.92 Å². The maximum atomic E-state index is 12.9. The number of nitrogens with zero attached hydrogens (tertiary/aromatic N) is 2. The average molecular weight is 350 g/mol. The third kappa shape index (κ3) is 6.25. The summed E-state index contributed by atoms with van der Waals surface area (Å²) in [5.41, 5.74) is 1.08. The van der Waals surface area contributed by atoms with Gasteiger partial charge in [0.15, 0.2) is 5.96 Å². The van der Waals surface area contributed by atoms with Crippen molar-refractivity contribution in [2.75, 3.05) is 33.3 Å². The number of halogens is 1. The minimum atomic E-state index is -0.234. The van der Waals surface area contributed by atoms with Gasteiger partial charge in [-0.1, -0.05) is 12.1 Å². The number of hydrogen-bond acceptors (Lipinski definition) is 3. The van der Waals surface area contributed by atoms with Crippen molar-refractivity contribution in [1.82, 2.24) is 15.5 Å². The molecule has 1 aromatic rings.